The maximum atomic E-state index is 11.1. The number of non-ortho nitro benzene ring substituents is 1. The first-order valence-electron chi connectivity index (χ1n) is 7.45. The van der Waals surface area contributed by atoms with Gasteiger partial charge in [0.2, 0.25) is 0 Å². The second-order valence-corrected chi connectivity index (χ2v) is 5.52. The van der Waals surface area contributed by atoms with Gasteiger partial charge >= 0.3 is 6.09 Å². The average molecular weight is 342 g/mol. The van der Waals surface area contributed by atoms with E-state index in [4.69, 9.17) is 10.8 Å². The molecule has 0 aliphatic rings. The van der Waals surface area contributed by atoms with Gasteiger partial charge in [-0.25, -0.2) is 4.79 Å². The predicted molar refractivity (Wildman–Crippen MR) is 94.0 cm³/mol. The third-order valence-electron chi connectivity index (χ3n) is 3.83. The monoisotopic (exact) mass is 342 g/mol. The van der Waals surface area contributed by atoms with Crippen LogP contribution < -0.4 is 11.1 Å². The fraction of sp³-hybridized carbons (Fsp3) is 0.176. The molecule has 1 aromatic carbocycles. The zero-order valence-electron chi connectivity index (χ0n) is 13.5. The number of nitrogens with two attached hydrogens (primary N) is 1. The Morgan fingerprint density at radius 3 is 2.72 bits per heavy atom. The topological polar surface area (TPSA) is 131 Å². The van der Waals surface area contributed by atoms with Gasteiger partial charge in [0.1, 0.15) is 0 Å². The SMILES string of the molecule is C=C[C@@H](C)[C@H](NC(=O)O)c1cc(-c2ccc([N+](=O)[O-])cc2N)ccn1. The number of nitro groups is 1. The number of carboxylic acid groups (broad SMARTS) is 1. The first-order valence-corrected chi connectivity index (χ1v) is 7.45. The van der Waals surface area contributed by atoms with Gasteiger partial charge < -0.3 is 16.2 Å². The maximum Gasteiger partial charge on any atom is 0.405 e. The van der Waals surface area contributed by atoms with E-state index in [9.17, 15) is 14.9 Å². The summed E-state index contributed by atoms with van der Waals surface area (Å²) in [5, 5.41) is 22.3. The van der Waals surface area contributed by atoms with Gasteiger partial charge in [0.05, 0.1) is 16.7 Å². The van der Waals surface area contributed by atoms with Gasteiger partial charge in [-0.3, -0.25) is 15.1 Å². The lowest BCUT2D eigenvalue weighted by atomic mass is 9.96. The number of nitrogens with one attached hydrogen (secondary N) is 1. The van der Waals surface area contributed by atoms with Gasteiger partial charge in [0, 0.05) is 29.6 Å². The van der Waals surface area contributed by atoms with E-state index in [0.717, 1.165) is 0 Å². The lowest BCUT2D eigenvalue weighted by molar-refractivity contribution is -0.384. The van der Waals surface area contributed by atoms with Crippen LogP contribution >= 0.6 is 0 Å². The van der Waals surface area contributed by atoms with Crippen molar-refractivity contribution in [2.75, 3.05) is 5.73 Å². The summed E-state index contributed by atoms with van der Waals surface area (Å²) in [5.41, 5.74) is 7.89. The van der Waals surface area contributed by atoms with Crippen LogP contribution in [0.15, 0.2) is 49.2 Å². The Morgan fingerprint density at radius 2 is 2.16 bits per heavy atom. The van der Waals surface area contributed by atoms with Crippen LogP contribution in [0, 0.1) is 16.0 Å². The number of nitrogen functional groups attached to an aromatic ring is 1. The molecule has 1 aromatic heterocycles. The maximum absolute atomic E-state index is 11.1. The number of amides is 1. The summed E-state index contributed by atoms with van der Waals surface area (Å²) < 4.78 is 0. The minimum absolute atomic E-state index is 0.0961. The highest BCUT2D eigenvalue weighted by Gasteiger charge is 2.21. The summed E-state index contributed by atoms with van der Waals surface area (Å²) in [6.07, 6.45) is 2.01. The number of aromatic nitrogens is 1. The molecule has 0 unspecified atom stereocenters. The normalized spacial score (nSPS) is 12.8. The number of carbonyl (C=O) groups is 1. The summed E-state index contributed by atoms with van der Waals surface area (Å²) in [5.74, 6) is -0.187. The molecule has 8 nitrogen and oxygen atoms in total. The lowest BCUT2D eigenvalue weighted by Gasteiger charge is -2.21. The fourth-order valence-corrected chi connectivity index (χ4v) is 2.46. The molecule has 130 valence electrons. The number of nitrogens with zero attached hydrogens (tertiary/aromatic N) is 2. The highest BCUT2D eigenvalue weighted by Crippen LogP contribution is 2.31. The van der Waals surface area contributed by atoms with Crippen molar-refractivity contribution >= 4 is 17.5 Å². The van der Waals surface area contributed by atoms with Gasteiger partial charge in [0.25, 0.3) is 5.69 Å². The van der Waals surface area contributed by atoms with Crippen molar-refractivity contribution in [1.29, 1.82) is 0 Å². The molecule has 0 aliphatic carbocycles. The molecule has 4 N–H and O–H groups in total. The zero-order valence-corrected chi connectivity index (χ0v) is 13.5. The molecule has 2 aromatic rings. The van der Waals surface area contributed by atoms with Crippen LogP contribution in [0.1, 0.15) is 18.7 Å². The molecule has 0 saturated heterocycles. The van der Waals surface area contributed by atoms with Gasteiger partial charge in [-0.15, -0.1) is 6.58 Å². The van der Waals surface area contributed by atoms with Crippen molar-refractivity contribution in [2.24, 2.45) is 5.92 Å². The minimum Gasteiger partial charge on any atom is -0.465 e. The quantitative estimate of drug-likeness (QED) is 0.319. The smallest absolute Gasteiger partial charge is 0.405 e. The molecule has 1 heterocycles. The molecular weight excluding hydrogens is 324 g/mol. The molecule has 0 fully saturated rings. The van der Waals surface area contributed by atoms with Crippen LogP contribution in [-0.4, -0.2) is 21.1 Å². The van der Waals surface area contributed by atoms with E-state index in [0.29, 0.717) is 16.8 Å². The number of anilines is 1. The Kier molecular flexibility index (Phi) is 5.33. The van der Waals surface area contributed by atoms with Crippen molar-refractivity contribution in [3.05, 3.63) is 65.0 Å². The summed E-state index contributed by atoms with van der Waals surface area (Å²) in [6, 6.07) is 7.05. The Bertz CT molecular complexity index is 822. The van der Waals surface area contributed by atoms with Crippen molar-refractivity contribution in [3.63, 3.8) is 0 Å². The van der Waals surface area contributed by atoms with Crippen LogP contribution in [0.4, 0.5) is 16.2 Å². The Morgan fingerprint density at radius 1 is 1.44 bits per heavy atom. The Balaban J connectivity index is 2.45. The number of benzene rings is 1. The molecule has 0 radical (unpaired) electrons. The molecule has 2 atom stereocenters. The number of hydrogen-bond donors (Lipinski definition) is 3. The fourth-order valence-electron chi connectivity index (χ4n) is 2.46. The highest BCUT2D eigenvalue weighted by atomic mass is 16.6. The van der Waals surface area contributed by atoms with E-state index < -0.39 is 17.1 Å². The first-order chi connectivity index (χ1) is 11.8. The van der Waals surface area contributed by atoms with Crippen molar-refractivity contribution < 1.29 is 14.8 Å². The number of hydrogen-bond acceptors (Lipinski definition) is 5. The summed E-state index contributed by atoms with van der Waals surface area (Å²) in [4.78, 5) is 25.6. The number of pyridine rings is 1. The largest absolute Gasteiger partial charge is 0.465 e. The molecule has 1 amide bonds. The number of nitro benzene ring substituents is 1. The van der Waals surface area contributed by atoms with Crippen molar-refractivity contribution in [2.45, 2.75) is 13.0 Å². The Hall–Kier alpha value is -3.42. The van der Waals surface area contributed by atoms with Crippen molar-refractivity contribution in [3.8, 4) is 11.1 Å². The van der Waals surface area contributed by atoms with E-state index in [1.54, 1.807) is 24.3 Å². The standard InChI is InChI=1S/C17H18N4O4/c1-3-10(2)16(20-17(22)23)15-8-11(6-7-19-15)13-5-4-12(21(24)25)9-14(13)18/h3-10,16,20H,1,18H2,2H3,(H,22,23)/t10-,16+/m1/s1. The van der Waals surface area contributed by atoms with Gasteiger partial charge in [-0.1, -0.05) is 13.0 Å². The molecule has 0 bridgehead atoms. The van der Waals surface area contributed by atoms with E-state index in [-0.39, 0.29) is 17.3 Å². The molecule has 0 aliphatic heterocycles. The van der Waals surface area contributed by atoms with Crippen molar-refractivity contribution in [1.82, 2.24) is 10.3 Å². The van der Waals surface area contributed by atoms with E-state index in [2.05, 4.69) is 16.9 Å². The van der Waals surface area contributed by atoms with E-state index >= 15 is 0 Å². The van der Waals surface area contributed by atoms with E-state index in [1.807, 2.05) is 6.92 Å². The van der Waals surface area contributed by atoms with Crippen LogP contribution in [0.3, 0.4) is 0 Å². The van der Waals surface area contributed by atoms with Crippen LogP contribution in [0.5, 0.6) is 0 Å². The van der Waals surface area contributed by atoms with Gasteiger partial charge in [-0.05, 0) is 29.7 Å². The minimum atomic E-state index is -1.17. The predicted octanol–water partition coefficient (Wildman–Crippen LogP) is 3.37. The molecule has 0 spiro atoms. The van der Waals surface area contributed by atoms with Crippen LogP contribution in [-0.2, 0) is 0 Å². The first kappa shape index (κ1) is 17.9. The molecule has 25 heavy (non-hydrogen) atoms. The van der Waals surface area contributed by atoms with Crippen LogP contribution in [0.25, 0.3) is 11.1 Å². The summed E-state index contributed by atoms with van der Waals surface area (Å²) >= 11 is 0. The van der Waals surface area contributed by atoms with Crippen LogP contribution in [0.2, 0.25) is 0 Å². The number of rotatable bonds is 6. The molecule has 8 heteroatoms. The molecule has 2 rings (SSSR count). The lowest BCUT2D eigenvalue weighted by Crippen LogP contribution is -2.31. The molecular formula is C17H18N4O4. The third kappa shape index (κ3) is 4.11. The summed E-state index contributed by atoms with van der Waals surface area (Å²) in [6.45, 7) is 5.51. The second-order valence-electron chi connectivity index (χ2n) is 5.52. The van der Waals surface area contributed by atoms with Gasteiger partial charge in [-0.2, -0.15) is 0 Å². The summed E-state index contributed by atoms with van der Waals surface area (Å²) in [7, 11) is 0. The van der Waals surface area contributed by atoms with E-state index in [1.165, 1.54) is 18.3 Å². The third-order valence-corrected chi connectivity index (χ3v) is 3.83. The van der Waals surface area contributed by atoms with Gasteiger partial charge in [0.15, 0.2) is 0 Å². The second kappa shape index (κ2) is 7.43. The zero-order chi connectivity index (χ0) is 18.6. The average Bonchev–Trinajstić information content (AvgIpc) is 2.58. The molecule has 0 saturated carbocycles. The highest BCUT2D eigenvalue weighted by molar-refractivity contribution is 5.78. The Labute approximate surface area is 144 Å².